The highest BCUT2D eigenvalue weighted by molar-refractivity contribution is 7.98. The molecule has 0 aromatic heterocycles. The summed E-state index contributed by atoms with van der Waals surface area (Å²) < 4.78 is 0. The van der Waals surface area contributed by atoms with Crippen LogP contribution in [0.1, 0.15) is 32.6 Å². The fourth-order valence-corrected chi connectivity index (χ4v) is 3.35. The van der Waals surface area contributed by atoms with Crippen LogP contribution in [0, 0.1) is 0 Å². The summed E-state index contributed by atoms with van der Waals surface area (Å²) in [5, 5.41) is 0. The molecular weight excluding hydrogens is 242 g/mol. The molecule has 0 aromatic rings. The van der Waals surface area contributed by atoms with Crippen molar-refractivity contribution in [2.75, 3.05) is 51.8 Å². The molecule has 1 heterocycles. The number of hydrogen-bond acceptors (Lipinski definition) is 4. The maximum atomic E-state index is 6.10. The standard InChI is InChI=1S/C14H31N3S/c1-4-8-17-10-6-14(13-15,7-11-17)16(2)9-5-12-18-3/h4-13,15H2,1-3H3. The molecule has 0 unspecified atom stereocenters. The minimum atomic E-state index is 0.267. The quantitative estimate of drug-likeness (QED) is 0.685. The van der Waals surface area contributed by atoms with E-state index in [0.29, 0.717) is 0 Å². The molecule has 1 aliphatic rings. The average molecular weight is 273 g/mol. The van der Waals surface area contributed by atoms with Gasteiger partial charge in [0.2, 0.25) is 0 Å². The Bertz CT molecular complexity index is 215. The van der Waals surface area contributed by atoms with Gasteiger partial charge in [0, 0.05) is 12.1 Å². The first-order valence-electron chi connectivity index (χ1n) is 7.31. The first-order valence-corrected chi connectivity index (χ1v) is 8.70. The second-order valence-corrected chi connectivity index (χ2v) is 6.52. The zero-order valence-corrected chi connectivity index (χ0v) is 13.3. The van der Waals surface area contributed by atoms with Crippen LogP contribution in [-0.4, -0.2) is 67.1 Å². The summed E-state index contributed by atoms with van der Waals surface area (Å²) in [6, 6.07) is 0. The van der Waals surface area contributed by atoms with Gasteiger partial charge in [-0.3, -0.25) is 4.90 Å². The smallest absolute Gasteiger partial charge is 0.0353 e. The first kappa shape index (κ1) is 16.3. The number of rotatable bonds is 8. The highest BCUT2D eigenvalue weighted by Gasteiger charge is 2.36. The Morgan fingerprint density at radius 2 is 2.00 bits per heavy atom. The zero-order valence-electron chi connectivity index (χ0n) is 12.5. The molecule has 0 atom stereocenters. The molecule has 0 spiro atoms. The molecule has 1 saturated heterocycles. The lowest BCUT2D eigenvalue weighted by atomic mass is 9.85. The Morgan fingerprint density at radius 3 is 2.50 bits per heavy atom. The van der Waals surface area contributed by atoms with Crippen LogP contribution in [0.2, 0.25) is 0 Å². The number of nitrogens with zero attached hydrogens (tertiary/aromatic N) is 2. The van der Waals surface area contributed by atoms with Gasteiger partial charge in [-0.25, -0.2) is 0 Å². The number of piperidine rings is 1. The van der Waals surface area contributed by atoms with Gasteiger partial charge in [0.25, 0.3) is 0 Å². The van der Waals surface area contributed by atoms with E-state index in [1.807, 2.05) is 11.8 Å². The zero-order chi connectivity index (χ0) is 13.4. The molecule has 3 nitrogen and oxygen atoms in total. The van der Waals surface area contributed by atoms with Gasteiger partial charge in [-0.2, -0.15) is 11.8 Å². The molecule has 2 N–H and O–H groups in total. The van der Waals surface area contributed by atoms with Gasteiger partial charge in [-0.05, 0) is 70.9 Å². The van der Waals surface area contributed by atoms with E-state index in [9.17, 15) is 0 Å². The van der Waals surface area contributed by atoms with Crippen molar-refractivity contribution < 1.29 is 0 Å². The molecule has 0 aliphatic carbocycles. The summed E-state index contributed by atoms with van der Waals surface area (Å²) in [5.74, 6) is 1.26. The molecule has 0 aromatic carbocycles. The monoisotopic (exact) mass is 273 g/mol. The SMILES string of the molecule is CCCN1CCC(CN)(N(C)CCCSC)CC1. The fourth-order valence-electron chi connectivity index (χ4n) is 2.93. The number of nitrogens with two attached hydrogens (primary N) is 1. The number of likely N-dealkylation sites (N-methyl/N-ethyl adjacent to an activating group) is 1. The normalized spacial score (nSPS) is 20.5. The van der Waals surface area contributed by atoms with Crippen LogP contribution in [0.25, 0.3) is 0 Å². The van der Waals surface area contributed by atoms with Crippen LogP contribution in [0.3, 0.4) is 0 Å². The van der Waals surface area contributed by atoms with E-state index in [1.54, 1.807) is 0 Å². The van der Waals surface area contributed by atoms with E-state index in [0.717, 1.165) is 6.54 Å². The topological polar surface area (TPSA) is 32.5 Å². The Kier molecular flexibility index (Phi) is 7.61. The van der Waals surface area contributed by atoms with Gasteiger partial charge in [-0.1, -0.05) is 6.92 Å². The molecule has 0 bridgehead atoms. The van der Waals surface area contributed by atoms with E-state index in [2.05, 4.69) is 30.0 Å². The van der Waals surface area contributed by atoms with Crippen LogP contribution in [0.4, 0.5) is 0 Å². The van der Waals surface area contributed by atoms with Crippen molar-refractivity contribution in [3.8, 4) is 0 Å². The number of thioether (sulfide) groups is 1. The molecule has 4 heteroatoms. The molecule has 0 saturated carbocycles. The maximum absolute atomic E-state index is 6.10. The highest BCUT2D eigenvalue weighted by atomic mass is 32.2. The number of hydrogen-bond donors (Lipinski definition) is 1. The van der Waals surface area contributed by atoms with Crippen molar-refractivity contribution in [1.29, 1.82) is 0 Å². The lowest BCUT2D eigenvalue weighted by Crippen LogP contribution is -2.58. The third kappa shape index (κ3) is 4.41. The molecule has 18 heavy (non-hydrogen) atoms. The minimum absolute atomic E-state index is 0.267. The lowest BCUT2D eigenvalue weighted by molar-refractivity contribution is 0.0456. The Labute approximate surface area is 117 Å². The molecular formula is C14H31N3S. The predicted octanol–water partition coefficient (Wildman–Crippen LogP) is 1.87. The minimum Gasteiger partial charge on any atom is -0.329 e. The van der Waals surface area contributed by atoms with Crippen LogP contribution in [0.15, 0.2) is 0 Å². The summed E-state index contributed by atoms with van der Waals surface area (Å²) in [6.07, 6.45) is 7.19. The van der Waals surface area contributed by atoms with Crippen molar-refractivity contribution >= 4 is 11.8 Å². The molecule has 108 valence electrons. The summed E-state index contributed by atoms with van der Waals surface area (Å²) in [6.45, 7) is 7.94. The van der Waals surface area contributed by atoms with Crippen molar-refractivity contribution in [1.82, 2.24) is 9.80 Å². The van der Waals surface area contributed by atoms with Crippen molar-refractivity contribution in [2.24, 2.45) is 5.73 Å². The highest BCUT2D eigenvalue weighted by Crippen LogP contribution is 2.27. The Morgan fingerprint density at radius 1 is 1.33 bits per heavy atom. The largest absolute Gasteiger partial charge is 0.329 e. The van der Waals surface area contributed by atoms with E-state index in [1.165, 1.54) is 57.6 Å². The van der Waals surface area contributed by atoms with Gasteiger partial charge in [0.05, 0.1) is 0 Å². The van der Waals surface area contributed by atoms with Crippen molar-refractivity contribution in [2.45, 2.75) is 38.1 Å². The van der Waals surface area contributed by atoms with Gasteiger partial charge < -0.3 is 10.6 Å². The van der Waals surface area contributed by atoms with Crippen LogP contribution < -0.4 is 5.73 Å². The van der Waals surface area contributed by atoms with Gasteiger partial charge in [0.1, 0.15) is 0 Å². The van der Waals surface area contributed by atoms with Crippen molar-refractivity contribution in [3.05, 3.63) is 0 Å². The van der Waals surface area contributed by atoms with Crippen LogP contribution in [-0.2, 0) is 0 Å². The maximum Gasteiger partial charge on any atom is 0.0353 e. The fraction of sp³-hybridized carbons (Fsp3) is 1.00. The Balaban J connectivity index is 2.43. The van der Waals surface area contributed by atoms with Crippen LogP contribution >= 0.6 is 11.8 Å². The van der Waals surface area contributed by atoms with E-state index in [4.69, 9.17) is 5.73 Å². The third-order valence-electron chi connectivity index (χ3n) is 4.36. The van der Waals surface area contributed by atoms with Crippen LogP contribution in [0.5, 0.6) is 0 Å². The van der Waals surface area contributed by atoms with E-state index < -0.39 is 0 Å². The van der Waals surface area contributed by atoms with E-state index >= 15 is 0 Å². The van der Waals surface area contributed by atoms with Crippen molar-refractivity contribution in [3.63, 3.8) is 0 Å². The second kappa shape index (κ2) is 8.41. The third-order valence-corrected chi connectivity index (χ3v) is 5.06. The van der Waals surface area contributed by atoms with E-state index in [-0.39, 0.29) is 5.54 Å². The summed E-state index contributed by atoms with van der Waals surface area (Å²) in [4.78, 5) is 5.12. The predicted molar refractivity (Wildman–Crippen MR) is 83.4 cm³/mol. The molecule has 1 rings (SSSR count). The first-order chi connectivity index (χ1) is 8.68. The Hall–Kier alpha value is 0.230. The lowest BCUT2D eigenvalue weighted by Gasteiger charge is -2.47. The summed E-state index contributed by atoms with van der Waals surface area (Å²) in [7, 11) is 2.27. The molecule has 0 radical (unpaired) electrons. The number of likely N-dealkylation sites (tertiary alicyclic amines) is 1. The second-order valence-electron chi connectivity index (χ2n) is 5.54. The summed E-state index contributed by atoms with van der Waals surface area (Å²) in [5.41, 5.74) is 6.36. The molecule has 0 amide bonds. The van der Waals surface area contributed by atoms with Gasteiger partial charge >= 0.3 is 0 Å². The summed E-state index contributed by atoms with van der Waals surface area (Å²) >= 11 is 1.94. The molecule has 1 aliphatic heterocycles. The van der Waals surface area contributed by atoms with Gasteiger partial charge in [-0.15, -0.1) is 0 Å². The van der Waals surface area contributed by atoms with Gasteiger partial charge in [0.15, 0.2) is 0 Å². The molecule has 1 fully saturated rings. The average Bonchev–Trinajstić information content (AvgIpc) is 2.40.